The number of carbonyl (C=O) groups is 4. The quantitative estimate of drug-likeness (QED) is 0.155. The normalized spacial score (nSPS) is 19.4. The number of esters is 3. The van der Waals surface area contributed by atoms with Crippen LogP contribution in [0.2, 0.25) is 0 Å². The van der Waals surface area contributed by atoms with Crippen LogP contribution in [0, 0.1) is 0 Å². The van der Waals surface area contributed by atoms with E-state index in [4.69, 9.17) is 18.9 Å². The van der Waals surface area contributed by atoms with E-state index in [1.54, 1.807) is 105 Å². The van der Waals surface area contributed by atoms with Gasteiger partial charge in [-0.3, -0.25) is 0 Å². The van der Waals surface area contributed by atoms with E-state index in [1.807, 2.05) is 6.92 Å². The van der Waals surface area contributed by atoms with Gasteiger partial charge in [-0.15, -0.1) is 0 Å². The average Bonchev–Trinajstić information content (AvgIpc) is 3.36. The molecule has 0 radical (unpaired) electrons. The topological polar surface area (TPSA) is 124 Å². The number of hydrogen-bond donors (Lipinski definition) is 0. The van der Waals surface area contributed by atoms with E-state index < -0.39 is 42.3 Å². The molecule has 0 bridgehead atoms. The number of rotatable bonds is 10. The highest BCUT2D eigenvalue weighted by atomic mass is 16.7. The first kappa shape index (κ1) is 31.2. The van der Waals surface area contributed by atoms with Crippen LogP contribution in [0.3, 0.4) is 0 Å². The fourth-order valence-corrected chi connectivity index (χ4v) is 3.72. The van der Waals surface area contributed by atoms with Gasteiger partial charge in [-0.05, 0) is 43.3 Å². The van der Waals surface area contributed by atoms with Gasteiger partial charge in [0.1, 0.15) is 12.7 Å². The second-order valence-corrected chi connectivity index (χ2v) is 8.75. The Labute approximate surface area is 238 Å². The predicted molar refractivity (Wildman–Crippen MR) is 146 cm³/mol. The molecule has 1 aliphatic rings. The van der Waals surface area contributed by atoms with Crippen molar-refractivity contribution in [2.75, 3.05) is 20.8 Å². The Morgan fingerprint density at radius 3 is 1.51 bits per heavy atom. The number of aldehydes is 1. The largest absolute Gasteiger partial charge is 0.459 e. The summed E-state index contributed by atoms with van der Waals surface area (Å²) in [6.45, 7) is 1.50. The molecule has 1 saturated heterocycles. The van der Waals surface area contributed by atoms with E-state index in [1.165, 1.54) is 0 Å². The van der Waals surface area contributed by atoms with Crippen LogP contribution >= 0.6 is 0 Å². The molecule has 10 nitrogen and oxygen atoms in total. The molecule has 10 heteroatoms. The molecule has 3 aromatic rings. The van der Waals surface area contributed by atoms with Crippen LogP contribution < -0.4 is 0 Å². The molecular formula is C31H32O10. The summed E-state index contributed by atoms with van der Waals surface area (Å²) in [5, 5.41) is 0. The molecule has 4 rings (SSSR count). The molecular weight excluding hydrogens is 532 g/mol. The molecule has 41 heavy (non-hydrogen) atoms. The minimum Gasteiger partial charge on any atom is -0.459 e. The molecule has 0 aromatic heterocycles. The number of methoxy groups -OCH3 is 2. The summed E-state index contributed by atoms with van der Waals surface area (Å²) < 4.78 is 31.6. The molecule has 0 unspecified atom stereocenters. The van der Waals surface area contributed by atoms with Gasteiger partial charge in [0.15, 0.2) is 30.9 Å². The van der Waals surface area contributed by atoms with Gasteiger partial charge in [0.05, 0.1) is 16.7 Å². The lowest BCUT2D eigenvalue weighted by atomic mass is 10.1. The van der Waals surface area contributed by atoms with Crippen molar-refractivity contribution in [2.45, 2.75) is 37.6 Å². The molecule has 0 N–H and O–H groups in total. The van der Waals surface area contributed by atoms with Crippen LogP contribution in [0.15, 0.2) is 91.0 Å². The first-order valence-corrected chi connectivity index (χ1v) is 12.8. The van der Waals surface area contributed by atoms with E-state index in [0.29, 0.717) is 11.8 Å². The van der Waals surface area contributed by atoms with E-state index in [9.17, 15) is 19.2 Å². The summed E-state index contributed by atoms with van der Waals surface area (Å²) in [6, 6.07) is 24.7. The lowest BCUT2D eigenvalue weighted by molar-refractivity contribution is -0.121. The Morgan fingerprint density at radius 2 is 1.12 bits per heavy atom. The maximum atomic E-state index is 12.8. The van der Waals surface area contributed by atoms with Gasteiger partial charge in [-0.1, -0.05) is 54.6 Å². The number of benzene rings is 3. The fourth-order valence-electron chi connectivity index (χ4n) is 3.72. The highest BCUT2D eigenvalue weighted by Gasteiger charge is 2.50. The Bertz CT molecular complexity index is 1250. The van der Waals surface area contributed by atoms with Crippen molar-refractivity contribution in [3.05, 3.63) is 108 Å². The van der Waals surface area contributed by atoms with Crippen molar-refractivity contribution >= 4 is 24.2 Å². The number of ether oxygens (including phenoxy) is 6. The minimum absolute atomic E-state index is 0.0648. The van der Waals surface area contributed by atoms with Gasteiger partial charge < -0.3 is 33.2 Å². The summed E-state index contributed by atoms with van der Waals surface area (Å²) >= 11 is 0. The van der Waals surface area contributed by atoms with Crippen LogP contribution in [-0.2, 0) is 33.2 Å². The molecule has 1 fully saturated rings. The molecule has 4 atom stereocenters. The van der Waals surface area contributed by atoms with Crippen LogP contribution in [0.25, 0.3) is 0 Å². The van der Waals surface area contributed by atoms with E-state index in [-0.39, 0.29) is 24.0 Å². The second-order valence-electron chi connectivity index (χ2n) is 8.75. The Morgan fingerprint density at radius 1 is 0.707 bits per heavy atom. The van der Waals surface area contributed by atoms with Gasteiger partial charge in [0.25, 0.3) is 0 Å². The van der Waals surface area contributed by atoms with Crippen LogP contribution in [0.4, 0.5) is 0 Å². The van der Waals surface area contributed by atoms with E-state index >= 15 is 0 Å². The van der Waals surface area contributed by atoms with E-state index in [2.05, 4.69) is 9.47 Å². The fraction of sp³-hybridized carbons (Fsp3) is 0.290. The number of carbonyl (C=O) groups excluding carboxylic acids is 4. The maximum Gasteiger partial charge on any atom is 0.338 e. The van der Waals surface area contributed by atoms with Crippen molar-refractivity contribution in [3.8, 4) is 0 Å². The van der Waals surface area contributed by atoms with Gasteiger partial charge in [-0.25, -0.2) is 14.4 Å². The third-order valence-corrected chi connectivity index (χ3v) is 6.04. The van der Waals surface area contributed by atoms with Crippen molar-refractivity contribution in [2.24, 2.45) is 0 Å². The Kier molecular flexibility index (Phi) is 12.2. The molecule has 0 aliphatic carbocycles. The van der Waals surface area contributed by atoms with Gasteiger partial charge >= 0.3 is 17.9 Å². The first-order valence-electron chi connectivity index (χ1n) is 12.8. The smallest absolute Gasteiger partial charge is 0.338 e. The molecule has 0 saturated carbocycles. The third kappa shape index (κ3) is 9.07. The zero-order chi connectivity index (χ0) is 29.6. The highest BCUT2D eigenvalue weighted by molar-refractivity contribution is 5.91. The second kappa shape index (κ2) is 16.0. The van der Waals surface area contributed by atoms with Crippen LogP contribution in [0.1, 0.15) is 38.0 Å². The number of hydrogen-bond acceptors (Lipinski definition) is 10. The monoisotopic (exact) mass is 564 g/mol. The van der Waals surface area contributed by atoms with Crippen molar-refractivity contribution in [1.82, 2.24) is 0 Å². The van der Waals surface area contributed by atoms with Gasteiger partial charge in [-0.2, -0.15) is 0 Å². The summed E-state index contributed by atoms with van der Waals surface area (Å²) in [4.78, 5) is 49.7. The van der Waals surface area contributed by atoms with Crippen molar-refractivity contribution in [1.29, 1.82) is 0 Å². The average molecular weight is 565 g/mol. The molecule has 0 spiro atoms. The first-order chi connectivity index (χ1) is 19.9. The Hall–Kier alpha value is -4.38. The Balaban J connectivity index is 0.000000696. The summed E-state index contributed by atoms with van der Waals surface area (Å²) in [5.41, 5.74) is 0.835. The minimum atomic E-state index is -1.24. The van der Waals surface area contributed by atoms with Crippen molar-refractivity contribution < 1.29 is 47.6 Å². The summed E-state index contributed by atoms with van der Waals surface area (Å²) in [6.07, 6.45) is -4.31. The standard InChI is InChI=1S/C27H22O8.C4H10O2/c28-16-21-23(34-26(30)19-12-6-2-7-13-19)24(35-27(31)20-14-8-3-9-15-20)22(33-21)17-32-25(29)18-10-4-1-5-11-18;1-4(5-2)6-3/h1-16,21-24H,17H2;4H,1-3H3/t21-,22-,23-,24+;/m0./s1. The molecule has 216 valence electrons. The predicted octanol–water partition coefficient (Wildman–Crippen LogP) is 3.89. The zero-order valence-corrected chi connectivity index (χ0v) is 22.9. The molecule has 0 amide bonds. The summed E-state index contributed by atoms with van der Waals surface area (Å²) in [5.74, 6) is -2.03. The highest BCUT2D eigenvalue weighted by Crippen LogP contribution is 2.28. The van der Waals surface area contributed by atoms with Gasteiger partial charge in [0, 0.05) is 14.2 Å². The van der Waals surface area contributed by atoms with Crippen molar-refractivity contribution in [3.63, 3.8) is 0 Å². The van der Waals surface area contributed by atoms with Gasteiger partial charge in [0.2, 0.25) is 0 Å². The third-order valence-electron chi connectivity index (χ3n) is 6.04. The van der Waals surface area contributed by atoms with Crippen LogP contribution in [0.5, 0.6) is 0 Å². The summed E-state index contributed by atoms with van der Waals surface area (Å²) in [7, 11) is 3.21. The molecule has 1 heterocycles. The molecule has 3 aromatic carbocycles. The zero-order valence-electron chi connectivity index (χ0n) is 22.9. The lowest BCUT2D eigenvalue weighted by Gasteiger charge is -2.23. The maximum absolute atomic E-state index is 12.8. The SMILES string of the molecule is COC(C)OC.O=C[C@@H]1O[C@@H](COC(=O)c2ccccc2)[C@@H](OC(=O)c2ccccc2)[C@H]1OC(=O)c1ccccc1. The van der Waals surface area contributed by atoms with Crippen LogP contribution in [-0.4, -0.2) is 75.7 Å². The molecule has 1 aliphatic heterocycles. The van der Waals surface area contributed by atoms with E-state index in [0.717, 1.165) is 0 Å². The lowest BCUT2D eigenvalue weighted by Crippen LogP contribution is -2.42.